The number of piperidine rings is 1. The average molecular weight is 445 g/mol. The molecular formula is C22H25ClN4O2S. The number of hydrogen-bond donors (Lipinski definition) is 1. The van der Waals surface area contributed by atoms with Crippen molar-refractivity contribution < 1.29 is 9.32 Å². The molecular weight excluding hydrogens is 420 g/mol. The number of halogens is 1. The molecule has 4 atom stereocenters. The molecule has 1 N–H and O–H groups in total. The minimum absolute atomic E-state index is 0.0835. The van der Waals surface area contributed by atoms with E-state index in [4.69, 9.17) is 16.6 Å². The fraction of sp³-hybridized carbons (Fsp3) is 0.545. The highest BCUT2D eigenvalue weighted by atomic mass is 35.5. The Hall–Kier alpha value is -1.70. The summed E-state index contributed by atoms with van der Waals surface area (Å²) in [5, 5.41) is 10.8. The summed E-state index contributed by atoms with van der Waals surface area (Å²) in [6.07, 6.45) is 6.96. The number of aromatic nitrogens is 2. The molecule has 6 nitrogen and oxygen atoms in total. The van der Waals surface area contributed by atoms with Gasteiger partial charge in [0.2, 0.25) is 5.95 Å². The van der Waals surface area contributed by atoms with E-state index in [9.17, 15) is 9.32 Å². The highest BCUT2D eigenvalue weighted by molar-refractivity contribution is 7.85. The Morgan fingerprint density at radius 2 is 2.03 bits per heavy atom. The first kappa shape index (κ1) is 19.0. The van der Waals surface area contributed by atoms with Crippen molar-refractivity contribution in [1.82, 2.24) is 9.97 Å². The van der Waals surface area contributed by atoms with Gasteiger partial charge in [-0.1, -0.05) is 23.7 Å². The molecule has 3 heterocycles. The van der Waals surface area contributed by atoms with Crippen LogP contribution in [0.1, 0.15) is 43.6 Å². The Morgan fingerprint density at radius 1 is 1.23 bits per heavy atom. The predicted molar refractivity (Wildman–Crippen MR) is 118 cm³/mol. The number of benzene rings is 1. The van der Waals surface area contributed by atoms with E-state index in [0.717, 1.165) is 55.4 Å². The van der Waals surface area contributed by atoms with Gasteiger partial charge in [-0.15, -0.1) is 0 Å². The molecule has 1 saturated heterocycles. The number of rotatable bonds is 4. The summed E-state index contributed by atoms with van der Waals surface area (Å²) in [5.74, 6) is 3.08. The van der Waals surface area contributed by atoms with E-state index in [-0.39, 0.29) is 12.1 Å². The Bertz CT molecular complexity index is 1010. The fourth-order valence-electron chi connectivity index (χ4n) is 5.87. The van der Waals surface area contributed by atoms with E-state index in [0.29, 0.717) is 28.6 Å². The fourth-order valence-corrected chi connectivity index (χ4v) is 7.30. The maximum Gasteiger partial charge on any atom is 0.227 e. The van der Waals surface area contributed by atoms with E-state index in [1.54, 1.807) is 6.20 Å². The normalized spacial score (nSPS) is 31.1. The van der Waals surface area contributed by atoms with Crippen molar-refractivity contribution in [1.29, 1.82) is 0 Å². The smallest absolute Gasteiger partial charge is 0.227 e. The van der Waals surface area contributed by atoms with Gasteiger partial charge in [0.1, 0.15) is 10.8 Å². The summed E-state index contributed by atoms with van der Waals surface area (Å²) in [7, 11) is -1.13. The monoisotopic (exact) mass is 444 g/mol. The van der Waals surface area contributed by atoms with Crippen LogP contribution in [0.4, 0.5) is 11.8 Å². The third-order valence-electron chi connectivity index (χ3n) is 7.72. The Labute approximate surface area is 183 Å². The summed E-state index contributed by atoms with van der Waals surface area (Å²) in [6, 6.07) is 8.71. The topological polar surface area (TPSA) is 69.6 Å². The van der Waals surface area contributed by atoms with E-state index in [1.807, 2.05) is 12.1 Å². The van der Waals surface area contributed by atoms with Crippen LogP contribution in [0.2, 0.25) is 5.02 Å². The van der Waals surface area contributed by atoms with Gasteiger partial charge in [-0.25, -0.2) is 4.98 Å². The van der Waals surface area contributed by atoms with E-state index >= 15 is 0 Å². The Balaban J connectivity index is 1.26. The lowest BCUT2D eigenvalue weighted by Gasteiger charge is -2.47. The standard InChI is InChI=1S/C22H25ClN4O2S/c23-16-4-2-14(3-5-16)18-9-17-8-15(18)11-26(17)21-24-10-19-20(25-21)27(13-30(19)29)22(12-28)6-1-7-22/h2-5,10,15,17-18,28H,1,6-9,11-13H2/t15?,17?,18?,30-/m0/s1. The second-order valence-electron chi connectivity index (χ2n) is 9.19. The van der Waals surface area contributed by atoms with E-state index in [1.165, 1.54) is 5.56 Å². The summed E-state index contributed by atoms with van der Waals surface area (Å²) in [6.45, 7) is 1.03. The molecule has 8 heteroatoms. The lowest BCUT2D eigenvalue weighted by molar-refractivity contribution is 0.119. The zero-order valence-electron chi connectivity index (χ0n) is 16.7. The van der Waals surface area contributed by atoms with E-state index < -0.39 is 10.8 Å². The maximum atomic E-state index is 12.6. The van der Waals surface area contributed by atoms with Gasteiger partial charge < -0.3 is 14.9 Å². The molecule has 2 bridgehead atoms. The molecule has 2 aliphatic carbocycles. The molecule has 1 aromatic heterocycles. The number of nitrogens with zero attached hydrogens (tertiary/aromatic N) is 4. The molecule has 2 saturated carbocycles. The van der Waals surface area contributed by atoms with Crippen molar-refractivity contribution in [3.05, 3.63) is 41.0 Å². The Kier molecular flexibility index (Phi) is 4.38. The third-order valence-corrected chi connectivity index (χ3v) is 9.24. The molecule has 6 rings (SSSR count). The maximum absolute atomic E-state index is 12.6. The number of anilines is 2. The second-order valence-corrected chi connectivity index (χ2v) is 11.0. The van der Waals surface area contributed by atoms with Crippen molar-refractivity contribution in [3.8, 4) is 0 Å². The van der Waals surface area contributed by atoms with E-state index in [2.05, 4.69) is 26.9 Å². The number of fused-ring (bicyclic) bond motifs is 3. The van der Waals surface area contributed by atoms with Gasteiger partial charge in [0.05, 0.1) is 29.1 Å². The molecule has 0 spiro atoms. The Morgan fingerprint density at radius 3 is 2.67 bits per heavy atom. The summed E-state index contributed by atoms with van der Waals surface area (Å²) in [5.41, 5.74) is 1.08. The number of aliphatic hydroxyl groups is 1. The van der Waals surface area contributed by atoms with Crippen LogP contribution in [0.25, 0.3) is 0 Å². The lowest BCUT2D eigenvalue weighted by Crippen LogP contribution is -2.56. The zero-order valence-corrected chi connectivity index (χ0v) is 18.3. The molecule has 158 valence electrons. The van der Waals surface area contributed by atoms with Crippen LogP contribution in [0.15, 0.2) is 35.4 Å². The highest BCUT2D eigenvalue weighted by Gasteiger charge is 2.49. The first-order valence-corrected chi connectivity index (χ1v) is 12.4. The molecule has 2 aliphatic heterocycles. The van der Waals surface area contributed by atoms with Gasteiger partial charge in [-0.3, -0.25) is 4.21 Å². The van der Waals surface area contributed by atoms with Crippen molar-refractivity contribution in [2.45, 2.75) is 54.5 Å². The second kappa shape index (κ2) is 6.90. The predicted octanol–water partition coefficient (Wildman–Crippen LogP) is 3.31. The van der Waals surface area contributed by atoms with Gasteiger partial charge in [0.15, 0.2) is 5.82 Å². The van der Waals surface area contributed by atoms with Gasteiger partial charge >= 0.3 is 0 Å². The van der Waals surface area contributed by atoms with Gasteiger partial charge in [0, 0.05) is 17.6 Å². The summed E-state index contributed by atoms with van der Waals surface area (Å²) < 4.78 is 12.6. The molecule has 3 unspecified atom stereocenters. The third kappa shape index (κ3) is 2.75. The average Bonchev–Trinajstić information content (AvgIpc) is 3.42. The first-order valence-electron chi connectivity index (χ1n) is 10.7. The minimum atomic E-state index is -1.13. The van der Waals surface area contributed by atoms with Gasteiger partial charge in [0.25, 0.3) is 0 Å². The SMILES string of the molecule is O=[S@]1CN(C2(CO)CCC2)c2nc(N3CC4CC3CC4c3ccc(Cl)cc3)ncc21. The largest absolute Gasteiger partial charge is 0.394 e. The van der Waals surface area contributed by atoms with Gasteiger partial charge in [-0.05, 0) is 61.6 Å². The molecule has 1 aromatic carbocycles. The van der Waals surface area contributed by atoms with Crippen molar-refractivity contribution in [2.24, 2.45) is 5.92 Å². The minimum Gasteiger partial charge on any atom is -0.394 e. The van der Waals surface area contributed by atoms with Crippen LogP contribution in [0.3, 0.4) is 0 Å². The summed E-state index contributed by atoms with van der Waals surface area (Å²) >= 11 is 6.06. The molecule has 3 fully saturated rings. The number of hydrogen-bond acceptors (Lipinski definition) is 6. The van der Waals surface area contributed by atoms with Crippen LogP contribution < -0.4 is 9.80 Å². The van der Waals surface area contributed by atoms with Crippen LogP contribution in [-0.4, -0.2) is 49.9 Å². The summed E-state index contributed by atoms with van der Waals surface area (Å²) in [4.78, 5) is 14.7. The lowest BCUT2D eigenvalue weighted by atomic mass is 9.76. The molecule has 4 aliphatic rings. The van der Waals surface area contributed by atoms with Gasteiger partial charge in [-0.2, -0.15) is 4.98 Å². The van der Waals surface area contributed by atoms with Crippen molar-refractivity contribution in [2.75, 3.05) is 28.8 Å². The van der Waals surface area contributed by atoms with Crippen LogP contribution in [0.5, 0.6) is 0 Å². The molecule has 30 heavy (non-hydrogen) atoms. The number of aliphatic hydroxyl groups excluding tert-OH is 1. The van der Waals surface area contributed by atoms with Crippen LogP contribution >= 0.6 is 11.6 Å². The zero-order chi connectivity index (χ0) is 20.5. The molecule has 0 radical (unpaired) electrons. The first-order chi connectivity index (χ1) is 14.6. The van der Waals surface area contributed by atoms with Crippen LogP contribution in [0, 0.1) is 5.92 Å². The van der Waals surface area contributed by atoms with Crippen molar-refractivity contribution in [3.63, 3.8) is 0 Å². The molecule has 2 aromatic rings. The molecule has 0 amide bonds. The van der Waals surface area contributed by atoms with Crippen molar-refractivity contribution >= 4 is 34.2 Å². The quantitative estimate of drug-likeness (QED) is 0.780. The highest BCUT2D eigenvalue weighted by Crippen LogP contribution is 2.49. The van der Waals surface area contributed by atoms with Crippen LogP contribution in [-0.2, 0) is 10.8 Å².